The van der Waals surface area contributed by atoms with Crippen LogP contribution in [0.1, 0.15) is 0 Å². The summed E-state index contributed by atoms with van der Waals surface area (Å²) in [5.41, 5.74) is 0. The number of hydrogen-bond acceptors (Lipinski definition) is 12. The highest BCUT2D eigenvalue weighted by Gasteiger charge is 2.50. The summed E-state index contributed by atoms with van der Waals surface area (Å²) >= 11 is 7.97. The Labute approximate surface area is 161 Å². The lowest BCUT2D eigenvalue weighted by molar-refractivity contribution is -0.355. The third kappa shape index (κ3) is 4.82. The molecule has 0 bridgehead atoms. The summed E-state index contributed by atoms with van der Waals surface area (Å²) in [7, 11) is 0. The van der Waals surface area contributed by atoms with E-state index in [1.807, 2.05) is 0 Å². The van der Waals surface area contributed by atoms with Crippen LogP contribution in [0.4, 0.5) is 0 Å². The van der Waals surface area contributed by atoms with E-state index in [0.717, 1.165) is 0 Å². The first kappa shape index (κ1) is 22.6. The lowest BCUT2D eigenvalue weighted by atomic mass is 9.97. The molecule has 26 heavy (non-hydrogen) atoms. The standard InChI is InChI=1S/C14H26O10S2/c15-3-5-12(9(18)11(20)13(22-5)21-1-2-25)24-14-10(19)8(17)7(16)6(4-26)23-14/h5-20,25-26H,1-4H2/t5?,6?,7-,8?,9?,10?,11?,12+,13+,14-/m0/s1. The average molecular weight is 418 g/mol. The van der Waals surface area contributed by atoms with Gasteiger partial charge < -0.3 is 49.6 Å². The highest BCUT2D eigenvalue weighted by Crippen LogP contribution is 2.29. The molecule has 2 aliphatic rings. The van der Waals surface area contributed by atoms with E-state index in [4.69, 9.17) is 18.9 Å². The van der Waals surface area contributed by atoms with Crippen molar-refractivity contribution in [2.24, 2.45) is 0 Å². The summed E-state index contributed by atoms with van der Waals surface area (Å²) in [5, 5.41) is 59.8. The van der Waals surface area contributed by atoms with Crippen molar-refractivity contribution in [1.29, 1.82) is 0 Å². The molecule has 6 N–H and O–H groups in total. The zero-order chi connectivity index (χ0) is 19.4. The van der Waals surface area contributed by atoms with Crippen molar-refractivity contribution < 1.29 is 49.6 Å². The molecule has 2 aliphatic heterocycles. The van der Waals surface area contributed by atoms with Gasteiger partial charge in [0.2, 0.25) is 0 Å². The van der Waals surface area contributed by atoms with Gasteiger partial charge in [0.1, 0.15) is 42.7 Å². The number of ether oxygens (including phenoxy) is 4. The van der Waals surface area contributed by atoms with Crippen LogP contribution in [0.25, 0.3) is 0 Å². The summed E-state index contributed by atoms with van der Waals surface area (Å²) in [4.78, 5) is 0. The maximum Gasteiger partial charge on any atom is 0.187 e. The Balaban J connectivity index is 2.09. The first-order chi connectivity index (χ1) is 12.3. The van der Waals surface area contributed by atoms with Crippen LogP contribution in [0.5, 0.6) is 0 Å². The van der Waals surface area contributed by atoms with Crippen LogP contribution in [0.3, 0.4) is 0 Å². The highest BCUT2D eigenvalue weighted by atomic mass is 32.1. The molecular weight excluding hydrogens is 392 g/mol. The highest BCUT2D eigenvalue weighted by molar-refractivity contribution is 7.80. The molecule has 0 amide bonds. The third-order valence-corrected chi connectivity index (χ3v) is 4.88. The van der Waals surface area contributed by atoms with Crippen LogP contribution in [0.2, 0.25) is 0 Å². The monoisotopic (exact) mass is 418 g/mol. The van der Waals surface area contributed by atoms with Crippen LogP contribution >= 0.6 is 25.3 Å². The van der Waals surface area contributed by atoms with Crippen molar-refractivity contribution in [2.75, 3.05) is 24.7 Å². The number of aliphatic hydroxyl groups excluding tert-OH is 6. The minimum atomic E-state index is -1.62. The molecule has 0 aromatic rings. The fraction of sp³-hybridized carbons (Fsp3) is 1.00. The summed E-state index contributed by atoms with van der Waals surface area (Å²) in [6, 6.07) is 0. The Morgan fingerprint density at radius 3 is 1.96 bits per heavy atom. The zero-order valence-electron chi connectivity index (χ0n) is 13.8. The van der Waals surface area contributed by atoms with Crippen molar-refractivity contribution in [1.82, 2.24) is 0 Å². The van der Waals surface area contributed by atoms with Gasteiger partial charge in [0.15, 0.2) is 12.6 Å². The molecule has 10 nitrogen and oxygen atoms in total. The normalized spacial score (nSPS) is 47.1. The average Bonchev–Trinajstić information content (AvgIpc) is 2.64. The van der Waals surface area contributed by atoms with E-state index in [-0.39, 0.29) is 12.4 Å². The third-order valence-electron chi connectivity index (χ3n) is 4.33. The molecule has 10 atom stereocenters. The van der Waals surface area contributed by atoms with E-state index in [9.17, 15) is 30.6 Å². The molecule has 154 valence electrons. The number of rotatable bonds is 7. The van der Waals surface area contributed by atoms with Gasteiger partial charge in [-0.1, -0.05) is 0 Å². The molecule has 12 heteroatoms. The topological polar surface area (TPSA) is 158 Å². The van der Waals surface area contributed by atoms with E-state index in [0.29, 0.717) is 5.75 Å². The van der Waals surface area contributed by atoms with Crippen LogP contribution < -0.4 is 0 Å². The molecule has 0 aromatic carbocycles. The van der Waals surface area contributed by atoms with E-state index in [1.54, 1.807) is 0 Å². The molecule has 2 rings (SSSR count). The summed E-state index contributed by atoms with van der Waals surface area (Å²) in [6.45, 7) is -0.418. The molecule has 2 fully saturated rings. The van der Waals surface area contributed by atoms with Crippen molar-refractivity contribution in [3.05, 3.63) is 0 Å². The molecule has 6 unspecified atom stereocenters. The van der Waals surface area contributed by atoms with Gasteiger partial charge in [0, 0.05) is 11.5 Å². The van der Waals surface area contributed by atoms with Gasteiger partial charge >= 0.3 is 0 Å². The Hall–Kier alpha value is 0.300. The molecular formula is C14H26O10S2. The van der Waals surface area contributed by atoms with Gasteiger partial charge in [0.05, 0.1) is 19.3 Å². The van der Waals surface area contributed by atoms with Crippen LogP contribution in [-0.4, -0.2) is 117 Å². The first-order valence-corrected chi connectivity index (χ1v) is 9.43. The van der Waals surface area contributed by atoms with E-state index in [1.165, 1.54) is 0 Å². The maximum absolute atomic E-state index is 10.3. The van der Waals surface area contributed by atoms with Crippen LogP contribution in [0, 0.1) is 0 Å². The van der Waals surface area contributed by atoms with Crippen LogP contribution in [-0.2, 0) is 18.9 Å². The fourth-order valence-corrected chi connectivity index (χ4v) is 3.27. The SMILES string of the molecule is OCC1O[C@@H](OCCS)C(O)C(O)[C@@H]1O[C@@H]1OC(CS)[C@H](O)C(O)C1O. The lowest BCUT2D eigenvalue weighted by Crippen LogP contribution is -2.64. The van der Waals surface area contributed by atoms with Crippen molar-refractivity contribution in [2.45, 2.75) is 61.4 Å². The van der Waals surface area contributed by atoms with Gasteiger partial charge in [-0.15, -0.1) is 0 Å². The van der Waals surface area contributed by atoms with Crippen molar-refractivity contribution in [3.63, 3.8) is 0 Å². The number of hydrogen-bond donors (Lipinski definition) is 8. The zero-order valence-corrected chi connectivity index (χ0v) is 15.6. The molecule has 2 saturated heterocycles. The second-order valence-electron chi connectivity index (χ2n) is 6.10. The molecule has 2 heterocycles. The summed E-state index contributed by atoms with van der Waals surface area (Å²) < 4.78 is 21.5. The Morgan fingerprint density at radius 2 is 1.38 bits per heavy atom. The minimum Gasteiger partial charge on any atom is -0.394 e. The van der Waals surface area contributed by atoms with E-state index >= 15 is 0 Å². The molecule has 0 saturated carbocycles. The second kappa shape index (κ2) is 10.2. The Bertz CT molecular complexity index is 429. The predicted molar refractivity (Wildman–Crippen MR) is 93.0 cm³/mol. The second-order valence-corrected chi connectivity index (χ2v) is 6.91. The van der Waals surface area contributed by atoms with Gasteiger partial charge in [-0.25, -0.2) is 0 Å². The number of aliphatic hydroxyl groups is 6. The summed E-state index contributed by atoms with van der Waals surface area (Å²) in [6.07, 6.45) is -13.5. The van der Waals surface area contributed by atoms with Crippen molar-refractivity contribution in [3.8, 4) is 0 Å². The van der Waals surface area contributed by atoms with E-state index in [2.05, 4.69) is 25.3 Å². The molecule has 0 aromatic heterocycles. The molecule has 0 aliphatic carbocycles. The maximum atomic E-state index is 10.3. The fourth-order valence-electron chi connectivity index (χ4n) is 2.86. The molecule has 0 radical (unpaired) electrons. The Kier molecular flexibility index (Phi) is 8.85. The summed E-state index contributed by atoms with van der Waals surface area (Å²) in [5.74, 6) is 0.403. The van der Waals surface area contributed by atoms with Gasteiger partial charge in [-0.3, -0.25) is 0 Å². The first-order valence-electron chi connectivity index (χ1n) is 8.16. The largest absolute Gasteiger partial charge is 0.394 e. The smallest absolute Gasteiger partial charge is 0.187 e. The van der Waals surface area contributed by atoms with Gasteiger partial charge in [-0.05, 0) is 0 Å². The van der Waals surface area contributed by atoms with Gasteiger partial charge in [0.25, 0.3) is 0 Å². The number of thiol groups is 2. The quantitative estimate of drug-likeness (QED) is 0.195. The predicted octanol–water partition coefficient (Wildman–Crippen LogP) is -3.51. The Morgan fingerprint density at radius 1 is 0.769 bits per heavy atom. The van der Waals surface area contributed by atoms with Crippen LogP contribution in [0.15, 0.2) is 0 Å². The molecule has 0 spiro atoms. The lowest BCUT2D eigenvalue weighted by Gasteiger charge is -2.46. The minimum absolute atomic E-state index is 0.0419. The van der Waals surface area contributed by atoms with Gasteiger partial charge in [-0.2, -0.15) is 25.3 Å². The van der Waals surface area contributed by atoms with E-state index < -0.39 is 68.0 Å². The van der Waals surface area contributed by atoms with Crippen molar-refractivity contribution >= 4 is 25.3 Å².